The molecule has 0 rings (SSSR count). The van der Waals surface area contributed by atoms with Crippen molar-refractivity contribution in [3.8, 4) is 0 Å². The monoisotopic (exact) mass is 315 g/mol. The molecule has 0 atom stereocenters. The van der Waals surface area contributed by atoms with Gasteiger partial charge < -0.3 is 0 Å². The molecule has 1 nitrogen and oxygen atoms in total. The average Bonchev–Trinajstić information content (AvgIpc) is 2.35. The van der Waals surface area contributed by atoms with Crippen LogP contribution in [0.1, 0.15) is 71.6 Å². The van der Waals surface area contributed by atoms with E-state index in [1.807, 2.05) is 0 Å². The van der Waals surface area contributed by atoms with E-state index in [0.29, 0.717) is 0 Å². The summed E-state index contributed by atoms with van der Waals surface area (Å²) in [6.07, 6.45) is 12.7. The Balaban J connectivity index is 3.56. The Hall–Kier alpha value is 1.06. The van der Waals surface area contributed by atoms with Crippen molar-refractivity contribution >= 4 is 0 Å². The van der Waals surface area contributed by atoms with Crippen LogP contribution in [0.3, 0.4) is 0 Å². The summed E-state index contributed by atoms with van der Waals surface area (Å²) in [5.41, 5.74) is 0. The maximum absolute atomic E-state index is 2.71. The number of unbranched alkanes of at least 4 members (excludes halogenated alkanes) is 6. The summed E-state index contributed by atoms with van der Waals surface area (Å²) in [4.78, 5) is 2.71. The molecule has 0 aliphatic rings. The van der Waals surface area contributed by atoms with Gasteiger partial charge in [-0.2, -0.15) is 0 Å². The SMILES string of the molecule is CCCCCCN(CCCC)CCCC[CH2][Y]. The van der Waals surface area contributed by atoms with Crippen LogP contribution in [-0.2, 0) is 31.0 Å². The second kappa shape index (κ2) is 15.1. The molecule has 17 heavy (non-hydrogen) atoms. The predicted octanol–water partition coefficient (Wildman–Crippen LogP) is 4.80. The van der Waals surface area contributed by atoms with Crippen molar-refractivity contribution < 1.29 is 31.0 Å². The van der Waals surface area contributed by atoms with Gasteiger partial charge in [0.15, 0.2) is 0 Å². The Labute approximate surface area is 130 Å². The van der Waals surface area contributed by atoms with Gasteiger partial charge in [0.25, 0.3) is 0 Å². The van der Waals surface area contributed by atoms with Gasteiger partial charge in [-0.15, -0.1) is 0 Å². The predicted molar refractivity (Wildman–Crippen MR) is 74.1 cm³/mol. The fraction of sp³-hybridized carbons (Fsp3) is 1.00. The van der Waals surface area contributed by atoms with E-state index in [-0.39, 0.29) is 0 Å². The van der Waals surface area contributed by atoms with Gasteiger partial charge in [-0.3, -0.25) is 0 Å². The average molecular weight is 315 g/mol. The number of hydrogen-bond acceptors (Lipinski definition) is 1. The van der Waals surface area contributed by atoms with Crippen LogP contribution in [0.4, 0.5) is 0 Å². The van der Waals surface area contributed by atoms with E-state index in [0.717, 1.165) is 0 Å². The molecule has 0 saturated heterocycles. The molecule has 0 heterocycles. The third-order valence-electron chi connectivity index (χ3n) is 3.33. The van der Waals surface area contributed by atoms with Gasteiger partial charge >= 0.3 is 130 Å². The number of nitrogens with zero attached hydrogens (tertiary/aromatic N) is 1. The summed E-state index contributed by atoms with van der Waals surface area (Å²) in [5.74, 6) is 0. The molecule has 0 amide bonds. The third kappa shape index (κ3) is 13.3. The molecule has 0 aliphatic heterocycles. The Kier molecular flexibility index (Phi) is 16.1. The van der Waals surface area contributed by atoms with E-state index < -0.39 is 0 Å². The molecular formula is C15H32NY. The van der Waals surface area contributed by atoms with Crippen molar-refractivity contribution in [1.29, 1.82) is 0 Å². The van der Waals surface area contributed by atoms with Crippen molar-refractivity contribution in [3.05, 3.63) is 0 Å². The molecule has 0 aromatic heterocycles. The molecule has 100 valence electrons. The van der Waals surface area contributed by atoms with Crippen LogP contribution < -0.4 is 0 Å². The first kappa shape index (κ1) is 18.1. The Morgan fingerprint density at radius 3 is 1.71 bits per heavy atom. The fourth-order valence-corrected chi connectivity index (χ4v) is 2.85. The molecule has 0 N–H and O–H groups in total. The first-order chi connectivity index (χ1) is 8.35. The van der Waals surface area contributed by atoms with E-state index in [9.17, 15) is 0 Å². The molecule has 0 fully saturated rings. The molecule has 0 spiro atoms. The van der Waals surface area contributed by atoms with Crippen LogP contribution in [0, 0.1) is 0 Å². The van der Waals surface area contributed by atoms with Gasteiger partial charge in [-0.05, 0) is 0 Å². The third-order valence-corrected chi connectivity index (χ3v) is 4.34. The maximum atomic E-state index is 2.71. The van der Waals surface area contributed by atoms with Gasteiger partial charge in [-0.25, -0.2) is 0 Å². The molecule has 0 aromatic carbocycles. The zero-order chi connectivity index (χ0) is 12.8. The van der Waals surface area contributed by atoms with E-state index in [2.05, 4.69) is 18.7 Å². The zero-order valence-corrected chi connectivity index (χ0v) is 15.1. The van der Waals surface area contributed by atoms with Crippen LogP contribution in [0.2, 0.25) is 3.23 Å². The molecule has 0 aliphatic carbocycles. The molecule has 0 radical (unpaired) electrons. The van der Waals surface area contributed by atoms with Gasteiger partial charge in [0, 0.05) is 0 Å². The molecule has 0 unspecified atom stereocenters. The van der Waals surface area contributed by atoms with Crippen molar-refractivity contribution in [2.45, 2.75) is 74.9 Å². The fourth-order valence-electron chi connectivity index (χ4n) is 2.14. The van der Waals surface area contributed by atoms with E-state index in [1.54, 1.807) is 0 Å². The number of hydrogen-bond donors (Lipinski definition) is 0. The van der Waals surface area contributed by atoms with Crippen molar-refractivity contribution in [3.63, 3.8) is 0 Å². The zero-order valence-electron chi connectivity index (χ0n) is 12.2. The van der Waals surface area contributed by atoms with E-state index in [4.69, 9.17) is 0 Å². The minimum absolute atomic E-state index is 1.34. The van der Waals surface area contributed by atoms with Gasteiger partial charge in [0.05, 0.1) is 0 Å². The topological polar surface area (TPSA) is 3.24 Å². The molecular weight excluding hydrogens is 283 g/mol. The van der Waals surface area contributed by atoms with E-state index in [1.165, 1.54) is 112 Å². The summed E-state index contributed by atoms with van der Waals surface area (Å²) < 4.78 is 1.48. The Bertz CT molecular complexity index is 127. The van der Waals surface area contributed by atoms with Crippen molar-refractivity contribution in [2.24, 2.45) is 0 Å². The summed E-state index contributed by atoms with van der Waals surface area (Å²) in [7, 11) is 0. The first-order valence-electron chi connectivity index (χ1n) is 7.77. The standard InChI is InChI=1S/C15H32N.Y/c1-4-7-10-12-15-16(13-9-6-3)14-11-8-5-2;/h2,4-15H2,1,3H3;. The molecule has 2 heteroatoms. The van der Waals surface area contributed by atoms with Crippen LogP contribution >= 0.6 is 0 Å². The summed E-state index contributed by atoms with van der Waals surface area (Å²) >= 11 is 1.45. The van der Waals surface area contributed by atoms with E-state index >= 15 is 0 Å². The number of rotatable bonds is 13. The van der Waals surface area contributed by atoms with Gasteiger partial charge in [0.2, 0.25) is 0 Å². The molecule has 0 saturated carbocycles. The van der Waals surface area contributed by atoms with Gasteiger partial charge in [0.1, 0.15) is 0 Å². The second-order valence-electron chi connectivity index (χ2n) is 5.11. The normalized spacial score (nSPS) is 11.2. The van der Waals surface area contributed by atoms with Crippen LogP contribution in [0.5, 0.6) is 0 Å². The van der Waals surface area contributed by atoms with Gasteiger partial charge in [-0.1, -0.05) is 0 Å². The summed E-state index contributed by atoms with van der Waals surface area (Å²) in [6.45, 7) is 8.63. The van der Waals surface area contributed by atoms with Crippen LogP contribution in [0.15, 0.2) is 0 Å². The van der Waals surface area contributed by atoms with Crippen LogP contribution in [-0.4, -0.2) is 24.5 Å². The quantitative estimate of drug-likeness (QED) is 0.441. The molecule has 0 aromatic rings. The van der Waals surface area contributed by atoms with Crippen molar-refractivity contribution in [1.82, 2.24) is 4.90 Å². The Morgan fingerprint density at radius 2 is 1.18 bits per heavy atom. The first-order valence-corrected chi connectivity index (χ1v) is 9.78. The Morgan fingerprint density at radius 1 is 0.647 bits per heavy atom. The summed E-state index contributed by atoms with van der Waals surface area (Å²) in [6, 6.07) is 0. The van der Waals surface area contributed by atoms with Crippen molar-refractivity contribution in [2.75, 3.05) is 19.6 Å². The van der Waals surface area contributed by atoms with Crippen LogP contribution in [0.25, 0.3) is 0 Å². The molecule has 0 bridgehead atoms. The second-order valence-corrected chi connectivity index (χ2v) is 6.52. The minimum atomic E-state index is 1.34. The summed E-state index contributed by atoms with van der Waals surface area (Å²) in [5, 5.41) is 0.